The van der Waals surface area contributed by atoms with Gasteiger partial charge in [0.05, 0.1) is 19.2 Å². The Kier molecular flexibility index (Phi) is 5.44. The van der Waals surface area contributed by atoms with E-state index in [1.807, 2.05) is 0 Å². The molecule has 1 aliphatic carbocycles. The van der Waals surface area contributed by atoms with Crippen LogP contribution in [0.1, 0.15) is 19.8 Å². The molecule has 0 aromatic heterocycles. The van der Waals surface area contributed by atoms with Gasteiger partial charge in [-0.25, -0.2) is 4.39 Å². The van der Waals surface area contributed by atoms with Crippen LogP contribution in [0.25, 0.3) is 0 Å². The summed E-state index contributed by atoms with van der Waals surface area (Å²) in [4.78, 5) is 34.5. The van der Waals surface area contributed by atoms with Gasteiger partial charge in [0, 0.05) is 0 Å². The summed E-state index contributed by atoms with van der Waals surface area (Å²) in [5.41, 5.74) is -0.130. The predicted octanol–water partition coefficient (Wildman–Crippen LogP) is 0.705. The molecular weight excluding hydrogens is 303 g/mol. The fourth-order valence-electron chi connectivity index (χ4n) is 2.24. The van der Waals surface area contributed by atoms with Crippen LogP contribution >= 0.6 is 0 Å². The molecule has 124 valence electrons. The third kappa shape index (κ3) is 4.85. The van der Waals surface area contributed by atoms with Gasteiger partial charge in [-0.3, -0.25) is 14.4 Å². The summed E-state index contributed by atoms with van der Waals surface area (Å²) in [6.07, 6.45) is 7.21. The summed E-state index contributed by atoms with van der Waals surface area (Å²) >= 11 is 0. The molecule has 0 aromatic carbocycles. The van der Waals surface area contributed by atoms with E-state index in [4.69, 9.17) is 4.74 Å². The number of hydrogen-bond donors (Lipinski definition) is 2. The lowest BCUT2D eigenvalue weighted by Crippen LogP contribution is -2.48. The fourth-order valence-corrected chi connectivity index (χ4v) is 2.24. The van der Waals surface area contributed by atoms with Crippen molar-refractivity contribution in [1.82, 2.24) is 10.6 Å². The summed E-state index contributed by atoms with van der Waals surface area (Å²) in [6.45, 7) is 1.77. The highest BCUT2D eigenvalue weighted by Gasteiger charge is 2.50. The summed E-state index contributed by atoms with van der Waals surface area (Å²) in [5, 5.41) is 4.85. The Morgan fingerprint density at radius 3 is 2.83 bits per heavy atom. The maximum Gasteiger partial charge on any atom is 0.239 e. The maximum absolute atomic E-state index is 13.2. The third-order valence-electron chi connectivity index (χ3n) is 3.69. The Balaban J connectivity index is 2.05. The zero-order valence-corrected chi connectivity index (χ0v) is 12.8. The molecule has 2 N–H and O–H groups in total. The van der Waals surface area contributed by atoms with Crippen LogP contribution in [0, 0.1) is 0 Å². The van der Waals surface area contributed by atoms with Crippen LogP contribution in [0.2, 0.25) is 0 Å². The van der Waals surface area contributed by atoms with Crippen molar-refractivity contribution in [3.63, 3.8) is 0 Å². The van der Waals surface area contributed by atoms with Crippen LogP contribution in [-0.2, 0) is 19.1 Å². The van der Waals surface area contributed by atoms with Crippen LogP contribution in [0.4, 0.5) is 4.39 Å². The van der Waals surface area contributed by atoms with Gasteiger partial charge in [-0.1, -0.05) is 12.2 Å². The lowest BCUT2D eigenvalue weighted by atomic mass is 9.94. The first kappa shape index (κ1) is 17.1. The molecular formula is C16H19FN2O4. The Bertz CT molecular complexity index is 591. The average molecular weight is 322 g/mol. The van der Waals surface area contributed by atoms with Crippen molar-refractivity contribution in [3.8, 4) is 0 Å². The van der Waals surface area contributed by atoms with Gasteiger partial charge in [-0.15, -0.1) is 0 Å². The molecule has 1 saturated heterocycles. The molecule has 0 saturated carbocycles. The van der Waals surface area contributed by atoms with E-state index in [-0.39, 0.29) is 24.6 Å². The molecule has 1 heterocycles. The van der Waals surface area contributed by atoms with Gasteiger partial charge in [0.2, 0.25) is 12.3 Å². The second-order valence-electron chi connectivity index (χ2n) is 5.64. The van der Waals surface area contributed by atoms with Crippen LogP contribution in [0.5, 0.6) is 0 Å². The topological polar surface area (TPSA) is 87.8 Å². The largest absolute Gasteiger partial charge is 0.361 e. The van der Waals surface area contributed by atoms with Crippen LogP contribution in [-0.4, -0.2) is 42.9 Å². The van der Waals surface area contributed by atoms with E-state index in [0.717, 1.165) is 5.57 Å². The molecule has 0 spiro atoms. The minimum absolute atomic E-state index is 0.212. The number of Topliss-reactive ketones (excluding diaryl/α,β-unsaturated/α-hetero) is 1. The number of rotatable bonds is 8. The van der Waals surface area contributed by atoms with Crippen molar-refractivity contribution < 1.29 is 23.5 Å². The van der Waals surface area contributed by atoms with E-state index in [2.05, 4.69) is 10.6 Å². The SMILES string of the molecule is CC1(C(=O)[C@H](CC2=CCC=C(F)C=C2)NC(=O)CNC=O)CO1. The standard InChI is InChI=1S/C16H19FN2O4/c1-16(9-23-16)15(22)13(19-14(21)8-18-10-20)7-11-3-2-4-12(17)6-5-11/h3-6,10,13H,2,7-9H2,1H3,(H,18,20)(H,19,21)/t13-,16?/m0/s1. The van der Waals surface area contributed by atoms with Crippen LogP contribution in [0.3, 0.4) is 0 Å². The molecule has 0 radical (unpaired) electrons. The number of ketones is 1. The van der Waals surface area contributed by atoms with Gasteiger partial charge in [-0.2, -0.15) is 0 Å². The molecule has 23 heavy (non-hydrogen) atoms. The van der Waals surface area contributed by atoms with Crippen molar-refractivity contribution in [3.05, 3.63) is 35.7 Å². The molecule has 1 unspecified atom stereocenters. The number of halogens is 1. The number of hydrogen-bond acceptors (Lipinski definition) is 4. The lowest BCUT2D eigenvalue weighted by molar-refractivity contribution is -0.130. The quantitative estimate of drug-likeness (QED) is 0.509. The Morgan fingerprint density at radius 2 is 2.17 bits per heavy atom. The fraction of sp³-hybridized carbons (Fsp3) is 0.438. The number of amides is 2. The number of carbonyl (C=O) groups is 3. The molecule has 2 rings (SSSR count). The first-order valence-electron chi connectivity index (χ1n) is 7.32. The number of carbonyl (C=O) groups excluding carboxylic acids is 3. The predicted molar refractivity (Wildman–Crippen MR) is 81.0 cm³/mol. The van der Waals surface area contributed by atoms with Crippen LogP contribution in [0.15, 0.2) is 35.7 Å². The molecule has 1 aliphatic heterocycles. The van der Waals surface area contributed by atoms with E-state index in [1.165, 1.54) is 12.2 Å². The Morgan fingerprint density at radius 1 is 1.43 bits per heavy atom. The first-order valence-corrected chi connectivity index (χ1v) is 7.32. The van der Waals surface area contributed by atoms with Gasteiger partial charge >= 0.3 is 0 Å². The Hall–Kier alpha value is -2.28. The van der Waals surface area contributed by atoms with E-state index >= 15 is 0 Å². The first-order chi connectivity index (χ1) is 10.9. The minimum Gasteiger partial charge on any atom is -0.361 e. The van der Waals surface area contributed by atoms with Crippen molar-refractivity contribution in [2.24, 2.45) is 0 Å². The summed E-state index contributed by atoms with van der Waals surface area (Å²) in [6, 6.07) is -0.791. The Labute approximate surface area is 133 Å². The summed E-state index contributed by atoms with van der Waals surface area (Å²) < 4.78 is 18.4. The zero-order chi connectivity index (χ0) is 16.9. The molecule has 0 bridgehead atoms. The second-order valence-corrected chi connectivity index (χ2v) is 5.64. The monoisotopic (exact) mass is 322 g/mol. The van der Waals surface area contributed by atoms with E-state index in [0.29, 0.717) is 19.4 Å². The average Bonchev–Trinajstić information content (AvgIpc) is 3.30. The summed E-state index contributed by atoms with van der Waals surface area (Å²) in [5.74, 6) is -1.04. The number of nitrogens with one attached hydrogen (secondary N) is 2. The van der Waals surface area contributed by atoms with Crippen molar-refractivity contribution in [1.29, 1.82) is 0 Å². The smallest absolute Gasteiger partial charge is 0.239 e. The number of ether oxygens (including phenoxy) is 1. The zero-order valence-electron chi connectivity index (χ0n) is 12.8. The highest BCUT2D eigenvalue weighted by molar-refractivity contribution is 5.97. The molecule has 6 nitrogen and oxygen atoms in total. The molecule has 0 aromatic rings. The van der Waals surface area contributed by atoms with E-state index in [1.54, 1.807) is 19.1 Å². The van der Waals surface area contributed by atoms with E-state index in [9.17, 15) is 18.8 Å². The molecule has 2 aliphatic rings. The highest BCUT2D eigenvalue weighted by atomic mass is 19.1. The van der Waals surface area contributed by atoms with Gasteiger partial charge in [0.25, 0.3) is 0 Å². The van der Waals surface area contributed by atoms with Gasteiger partial charge < -0.3 is 15.4 Å². The van der Waals surface area contributed by atoms with Crippen molar-refractivity contribution in [2.75, 3.05) is 13.2 Å². The molecule has 1 fully saturated rings. The number of epoxide rings is 1. The van der Waals surface area contributed by atoms with Crippen LogP contribution < -0.4 is 10.6 Å². The maximum atomic E-state index is 13.2. The molecule has 2 amide bonds. The molecule has 7 heteroatoms. The number of allylic oxidation sites excluding steroid dienone is 5. The third-order valence-corrected chi connectivity index (χ3v) is 3.69. The lowest BCUT2D eigenvalue weighted by Gasteiger charge is -2.20. The van der Waals surface area contributed by atoms with Gasteiger partial charge in [0.1, 0.15) is 11.4 Å². The van der Waals surface area contributed by atoms with E-state index < -0.39 is 17.6 Å². The van der Waals surface area contributed by atoms with Gasteiger partial charge in [0.15, 0.2) is 5.78 Å². The second kappa shape index (κ2) is 7.32. The molecule has 2 atom stereocenters. The summed E-state index contributed by atoms with van der Waals surface area (Å²) in [7, 11) is 0. The van der Waals surface area contributed by atoms with Gasteiger partial charge in [-0.05, 0) is 37.5 Å². The minimum atomic E-state index is -0.880. The van der Waals surface area contributed by atoms with Crippen molar-refractivity contribution in [2.45, 2.75) is 31.4 Å². The highest BCUT2D eigenvalue weighted by Crippen LogP contribution is 2.30. The normalized spacial score (nSPS) is 23.9. The van der Waals surface area contributed by atoms with Crippen molar-refractivity contribution >= 4 is 18.1 Å².